The molecule has 0 bridgehead atoms. The molecule has 1 rings (SSSR count). The smallest absolute Gasteiger partial charge is 0.270 e. The van der Waals surface area contributed by atoms with Crippen LogP contribution in [0, 0.1) is 5.92 Å². The summed E-state index contributed by atoms with van der Waals surface area (Å²) >= 11 is 0. The number of aliphatic hydroxyl groups excluding tert-OH is 1. The number of hydrogen-bond donors (Lipinski definition) is 8. The average Bonchev–Trinajstić information content (AvgIpc) is 3.11. The highest BCUT2D eigenvalue weighted by Gasteiger charge is 2.34. The molecule has 0 saturated carbocycles. The third kappa shape index (κ3) is 19.7. The fraction of sp³-hybridized carbons (Fsp3) is 0.794. The molecule has 1 fully saturated rings. The molecule has 0 aromatic heterocycles. The van der Waals surface area contributed by atoms with Gasteiger partial charge in [0.25, 0.3) is 5.91 Å². The molecule has 18 heteroatoms. The van der Waals surface area contributed by atoms with Gasteiger partial charge in [-0.1, -0.05) is 65.2 Å². The van der Waals surface area contributed by atoms with E-state index < -0.39 is 54.4 Å². The normalized spacial score (nSPS) is 16.7. The summed E-state index contributed by atoms with van der Waals surface area (Å²) in [5.41, 5.74) is 0. The van der Waals surface area contributed by atoms with Crippen molar-refractivity contribution in [3.05, 3.63) is 0 Å². The Hall–Kier alpha value is -3.87. The highest BCUT2D eigenvalue weighted by Crippen LogP contribution is 2.14. The van der Waals surface area contributed by atoms with E-state index in [0.717, 1.165) is 31.6 Å². The van der Waals surface area contributed by atoms with Crippen LogP contribution in [-0.2, 0) is 33.6 Å². The van der Waals surface area contributed by atoms with E-state index in [1.54, 1.807) is 0 Å². The SMILES string of the molecule is CC(C)CCCCCCCCCCC(=O)N[C@@H](CCCN(O)C=O)C(=O)N[C@@H](CO)C(=O)N(O)CCC[C@@H]1NC(=O)[C@H](CCCN(O)C=O)NC1=O. The fourth-order valence-corrected chi connectivity index (χ4v) is 5.73. The lowest BCUT2D eigenvalue weighted by atomic mass is 10.0. The zero-order chi connectivity index (χ0) is 38.9. The molecular formula is C34H61N7O11. The van der Waals surface area contributed by atoms with Crippen molar-refractivity contribution >= 4 is 42.4 Å². The molecule has 52 heavy (non-hydrogen) atoms. The second-order valence-electron chi connectivity index (χ2n) is 13.7. The van der Waals surface area contributed by atoms with Crippen LogP contribution in [0.2, 0.25) is 0 Å². The predicted octanol–water partition coefficient (Wildman–Crippen LogP) is 0.742. The van der Waals surface area contributed by atoms with Gasteiger partial charge in [-0.25, -0.2) is 15.2 Å². The van der Waals surface area contributed by atoms with Crippen molar-refractivity contribution < 1.29 is 54.3 Å². The summed E-state index contributed by atoms with van der Waals surface area (Å²) in [4.78, 5) is 84.9. The van der Waals surface area contributed by atoms with Gasteiger partial charge in [0.15, 0.2) is 0 Å². The number of nitrogens with one attached hydrogen (secondary N) is 4. The molecule has 0 aromatic rings. The molecule has 18 nitrogen and oxygen atoms in total. The maximum absolute atomic E-state index is 13.2. The maximum Gasteiger partial charge on any atom is 0.270 e. The van der Waals surface area contributed by atoms with Gasteiger partial charge < -0.3 is 26.4 Å². The van der Waals surface area contributed by atoms with Crippen molar-refractivity contribution in [2.45, 2.75) is 141 Å². The van der Waals surface area contributed by atoms with Crippen LogP contribution in [0.3, 0.4) is 0 Å². The Kier molecular flexibility index (Phi) is 23.8. The zero-order valence-electron chi connectivity index (χ0n) is 30.7. The van der Waals surface area contributed by atoms with E-state index in [-0.39, 0.29) is 88.4 Å². The zero-order valence-corrected chi connectivity index (χ0v) is 30.7. The number of hydroxylamine groups is 6. The number of carbonyl (C=O) groups is 7. The monoisotopic (exact) mass is 743 g/mol. The van der Waals surface area contributed by atoms with Gasteiger partial charge in [-0.05, 0) is 50.9 Å². The number of carbonyl (C=O) groups excluding carboxylic acids is 7. The minimum absolute atomic E-state index is 0.00309. The van der Waals surface area contributed by atoms with Crippen molar-refractivity contribution in [3.63, 3.8) is 0 Å². The minimum Gasteiger partial charge on any atom is -0.394 e. The summed E-state index contributed by atoms with van der Waals surface area (Å²) in [6.07, 6.45) is 10.9. The number of unbranched alkanes of at least 4 members (excludes halogenated alkanes) is 7. The van der Waals surface area contributed by atoms with Crippen LogP contribution in [0.4, 0.5) is 0 Å². The Morgan fingerprint density at radius 3 is 1.71 bits per heavy atom. The summed E-state index contributed by atoms with van der Waals surface area (Å²) in [5, 5.41) is 50.1. The summed E-state index contributed by atoms with van der Waals surface area (Å²) in [7, 11) is 0. The highest BCUT2D eigenvalue weighted by atomic mass is 16.5. The molecule has 1 aliphatic heterocycles. The van der Waals surface area contributed by atoms with Crippen molar-refractivity contribution in [3.8, 4) is 0 Å². The van der Waals surface area contributed by atoms with Gasteiger partial charge in [0.05, 0.1) is 6.61 Å². The minimum atomic E-state index is -1.57. The molecule has 8 N–H and O–H groups in total. The maximum atomic E-state index is 13.2. The number of nitrogens with zero attached hydrogens (tertiary/aromatic N) is 3. The first-order valence-electron chi connectivity index (χ1n) is 18.5. The van der Waals surface area contributed by atoms with Crippen LogP contribution in [0.5, 0.6) is 0 Å². The Morgan fingerprint density at radius 1 is 0.692 bits per heavy atom. The molecule has 0 spiro atoms. The molecule has 1 saturated heterocycles. The first kappa shape index (κ1) is 46.2. The third-order valence-corrected chi connectivity index (χ3v) is 8.77. The number of aliphatic hydroxyl groups is 1. The molecule has 4 atom stereocenters. The van der Waals surface area contributed by atoms with Crippen LogP contribution in [0.15, 0.2) is 0 Å². The molecule has 1 heterocycles. The molecule has 7 amide bonds. The topological polar surface area (TPSA) is 258 Å². The first-order valence-corrected chi connectivity index (χ1v) is 18.5. The van der Waals surface area contributed by atoms with Crippen LogP contribution in [0.25, 0.3) is 0 Å². The summed E-state index contributed by atoms with van der Waals surface area (Å²) in [6, 6.07) is -4.51. The molecule has 0 aromatic carbocycles. The second-order valence-corrected chi connectivity index (χ2v) is 13.7. The number of rotatable bonds is 30. The summed E-state index contributed by atoms with van der Waals surface area (Å²) in [5.74, 6) is -2.46. The standard InChI is InChI=1S/C34H61N7O11/c1-25(2)14-9-7-5-3-4-6-8-10-18-30(45)35-26(15-11-19-39(50)23-43)31(46)38-29(22-42)34(49)41(52)21-13-17-28-33(48)36-27(32(47)37-28)16-12-20-40(51)24-44/h23-29,42,50-52H,3-22H2,1-2H3,(H,35,45)(H,36,48)(H,37,47)(H,38,46)/t26-,27-,28-,29-/m0/s1. The lowest BCUT2D eigenvalue weighted by Crippen LogP contribution is -2.61. The van der Waals surface area contributed by atoms with Gasteiger partial charge in [0.2, 0.25) is 36.4 Å². The highest BCUT2D eigenvalue weighted by molar-refractivity contribution is 5.97. The lowest BCUT2D eigenvalue weighted by molar-refractivity contribution is -0.170. The summed E-state index contributed by atoms with van der Waals surface area (Å²) < 4.78 is 0. The molecule has 0 aliphatic carbocycles. The average molecular weight is 744 g/mol. The van der Waals surface area contributed by atoms with E-state index in [1.807, 2.05) is 0 Å². The van der Waals surface area contributed by atoms with Crippen LogP contribution in [-0.4, -0.2) is 129 Å². The van der Waals surface area contributed by atoms with Crippen molar-refractivity contribution in [1.29, 1.82) is 0 Å². The Labute approximate surface area is 305 Å². The first-order chi connectivity index (χ1) is 24.8. The molecule has 298 valence electrons. The van der Waals surface area contributed by atoms with Gasteiger partial charge in [-0.2, -0.15) is 0 Å². The Morgan fingerprint density at radius 2 is 1.19 bits per heavy atom. The van der Waals surface area contributed by atoms with E-state index in [9.17, 15) is 49.1 Å². The molecular weight excluding hydrogens is 682 g/mol. The second kappa shape index (κ2) is 26.8. The lowest BCUT2D eigenvalue weighted by Gasteiger charge is -2.30. The number of amides is 7. The van der Waals surface area contributed by atoms with Gasteiger partial charge in [-0.15, -0.1) is 0 Å². The van der Waals surface area contributed by atoms with Crippen LogP contribution in [0.1, 0.15) is 117 Å². The van der Waals surface area contributed by atoms with Gasteiger partial charge in [0.1, 0.15) is 24.2 Å². The fourth-order valence-electron chi connectivity index (χ4n) is 5.73. The largest absolute Gasteiger partial charge is 0.394 e. The molecule has 1 aliphatic rings. The van der Waals surface area contributed by atoms with Gasteiger partial charge in [-0.3, -0.25) is 49.2 Å². The van der Waals surface area contributed by atoms with Crippen LogP contribution >= 0.6 is 0 Å². The van der Waals surface area contributed by atoms with Crippen molar-refractivity contribution in [1.82, 2.24) is 36.5 Å². The van der Waals surface area contributed by atoms with Crippen molar-refractivity contribution in [2.75, 3.05) is 26.2 Å². The molecule has 0 unspecified atom stereocenters. The van der Waals surface area contributed by atoms with E-state index in [1.165, 1.54) is 25.7 Å². The van der Waals surface area contributed by atoms with E-state index >= 15 is 0 Å². The Bertz CT molecular complexity index is 1110. The third-order valence-electron chi connectivity index (χ3n) is 8.77. The van der Waals surface area contributed by atoms with Crippen molar-refractivity contribution in [2.24, 2.45) is 5.92 Å². The van der Waals surface area contributed by atoms with E-state index in [2.05, 4.69) is 35.1 Å². The predicted molar refractivity (Wildman–Crippen MR) is 186 cm³/mol. The van der Waals surface area contributed by atoms with E-state index in [4.69, 9.17) is 5.21 Å². The Balaban J connectivity index is 2.57. The molecule has 0 radical (unpaired) electrons. The van der Waals surface area contributed by atoms with Gasteiger partial charge in [0, 0.05) is 26.1 Å². The quantitative estimate of drug-likeness (QED) is 0.0220. The van der Waals surface area contributed by atoms with Crippen LogP contribution < -0.4 is 21.3 Å². The van der Waals surface area contributed by atoms with Gasteiger partial charge >= 0.3 is 0 Å². The summed E-state index contributed by atoms with van der Waals surface area (Å²) in [6.45, 7) is 3.14. The number of piperazine rings is 1. The van der Waals surface area contributed by atoms with E-state index in [0.29, 0.717) is 16.5 Å². The number of hydrogen-bond acceptors (Lipinski definition) is 11.